The summed E-state index contributed by atoms with van der Waals surface area (Å²) >= 11 is 5.83. The molecule has 2 rings (SSSR count). The average molecular weight is 235 g/mol. The quantitative estimate of drug-likeness (QED) is 0.754. The van der Waals surface area contributed by atoms with Gasteiger partial charge in [-0.05, 0) is 31.0 Å². The minimum absolute atomic E-state index is 0.105. The third kappa shape index (κ3) is 2.34. The van der Waals surface area contributed by atoms with Gasteiger partial charge in [-0.3, -0.25) is 4.79 Å². The zero-order valence-electron chi connectivity index (χ0n) is 8.69. The number of rotatable bonds is 3. The number of carbonyl (C=O) groups excluding carboxylic acids is 1. The fraction of sp³-hybridized carbons (Fsp3) is 0.333. The number of halogens is 1. The number of carbonyl (C=O) groups is 1. The Morgan fingerprint density at radius 2 is 2.31 bits per heavy atom. The number of hydrogen-bond acceptors (Lipinski definition) is 2. The summed E-state index contributed by atoms with van der Waals surface area (Å²) in [6.45, 7) is 0.149. The van der Waals surface area contributed by atoms with Gasteiger partial charge < -0.3 is 4.90 Å². The van der Waals surface area contributed by atoms with E-state index < -0.39 is 0 Å². The van der Waals surface area contributed by atoms with Gasteiger partial charge in [0.2, 0.25) is 0 Å². The van der Waals surface area contributed by atoms with Gasteiger partial charge in [0.1, 0.15) is 6.54 Å². The Balaban J connectivity index is 2.19. The molecule has 0 bridgehead atoms. The number of benzene rings is 1. The lowest BCUT2D eigenvalue weighted by Crippen LogP contribution is -2.33. The third-order valence-electron chi connectivity index (χ3n) is 2.56. The number of amides is 1. The Labute approximate surface area is 99.2 Å². The van der Waals surface area contributed by atoms with Crippen LogP contribution in [0, 0.1) is 11.3 Å². The van der Waals surface area contributed by atoms with Crippen LogP contribution in [0.5, 0.6) is 0 Å². The van der Waals surface area contributed by atoms with E-state index in [1.54, 1.807) is 29.2 Å². The van der Waals surface area contributed by atoms with Crippen LogP contribution in [0.4, 0.5) is 0 Å². The molecule has 0 aliphatic heterocycles. The van der Waals surface area contributed by atoms with Crippen molar-refractivity contribution in [1.82, 2.24) is 4.90 Å². The van der Waals surface area contributed by atoms with E-state index in [1.807, 2.05) is 6.07 Å². The van der Waals surface area contributed by atoms with Crippen LogP contribution < -0.4 is 0 Å². The molecule has 1 aromatic carbocycles. The van der Waals surface area contributed by atoms with Crippen molar-refractivity contribution in [3.05, 3.63) is 34.9 Å². The van der Waals surface area contributed by atoms with E-state index >= 15 is 0 Å². The zero-order chi connectivity index (χ0) is 11.5. The van der Waals surface area contributed by atoms with Crippen LogP contribution in [0.15, 0.2) is 24.3 Å². The summed E-state index contributed by atoms with van der Waals surface area (Å²) in [7, 11) is 0. The zero-order valence-corrected chi connectivity index (χ0v) is 9.44. The molecule has 0 spiro atoms. The second-order valence-corrected chi connectivity index (χ2v) is 4.27. The van der Waals surface area contributed by atoms with Crippen LogP contribution in [0.1, 0.15) is 23.2 Å². The Hall–Kier alpha value is -1.53. The molecule has 82 valence electrons. The summed E-state index contributed by atoms with van der Waals surface area (Å²) in [5.41, 5.74) is 0.551. The first-order chi connectivity index (χ1) is 7.72. The summed E-state index contributed by atoms with van der Waals surface area (Å²) in [4.78, 5) is 13.7. The van der Waals surface area contributed by atoms with Crippen molar-refractivity contribution >= 4 is 17.5 Å². The largest absolute Gasteiger partial charge is 0.322 e. The van der Waals surface area contributed by atoms with Gasteiger partial charge in [-0.2, -0.15) is 5.26 Å². The first-order valence-electron chi connectivity index (χ1n) is 5.16. The van der Waals surface area contributed by atoms with E-state index in [-0.39, 0.29) is 18.5 Å². The molecule has 4 heteroatoms. The normalized spacial score (nSPS) is 14.2. The van der Waals surface area contributed by atoms with E-state index in [4.69, 9.17) is 16.9 Å². The van der Waals surface area contributed by atoms with Crippen LogP contribution in [-0.2, 0) is 0 Å². The molecule has 0 N–H and O–H groups in total. The van der Waals surface area contributed by atoms with E-state index in [1.165, 1.54) is 0 Å². The van der Waals surface area contributed by atoms with E-state index in [0.29, 0.717) is 10.6 Å². The smallest absolute Gasteiger partial charge is 0.255 e. The van der Waals surface area contributed by atoms with Crippen molar-refractivity contribution in [2.24, 2.45) is 0 Å². The molecule has 0 saturated heterocycles. The summed E-state index contributed by atoms with van der Waals surface area (Å²) in [6, 6.07) is 9.10. The molecule has 1 saturated carbocycles. The Morgan fingerprint density at radius 3 is 2.88 bits per heavy atom. The van der Waals surface area contributed by atoms with Gasteiger partial charge in [0.05, 0.1) is 6.07 Å². The maximum absolute atomic E-state index is 12.1. The molecule has 1 amide bonds. The number of hydrogen-bond donors (Lipinski definition) is 0. The fourth-order valence-electron chi connectivity index (χ4n) is 1.62. The predicted molar refractivity (Wildman–Crippen MR) is 61.1 cm³/mol. The SMILES string of the molecule is N#CCN(C(=O)c1cccc(Cl)c1)C1CC1. The van der Waals surface area contributed by atoms with Gasteiger partial charge >= 0.3 is 0 Å². The van der Waals surface area contributed by atoms with Crippen LogP contribution in [0.25, 0.3) is 0 Å². The third-order valence-corrected chi connectivity index (χ3v) is 2.80. The molecule has 1 fully saturated rings. The number of nitrogens with zero attached hydrogens (tertiary/aromatic N) is 2. The van der Waals surface area contributed by atoms with Gasteiger partial charge in [-0.1, -0.05) is 17.7 Å². The van der Waals surface area contributed by atoms with Gasteiger partial charge in [-0.15, -0.1) is 0 Å². The lowest BCUT2D eigenvalue weighted by Gasteiger charge is -2.18. The highest BCUT2D eigenvalue weighted by molar-refractivity contribution is 6.30. The van der Waals surface area contributed by atoms with E-state index in [9.17, 15) is 4.79 Å². The van der Waals surface area contributed by atoms with Crippen LogP contribution in [0.2, 0.25) is 5.02 Å². The Bertz CT molecular complexity index is 449. The first kappa shape index (κ1) is 11.0. The van der Waals surface area contributed by atoms with Crippen molar-refractivity contribution in [1.29, 1.82) is 5.26 Å². The van der Waals surface area contributed by atoms with Crippen LogP contribution >= 0.6 is 11.6 Å². The highest BCUT2D eigenvalue weighted by Gasteiger charge is 2.32. The average Bonchev–Trinajstić information content (AvgIpc) is 3.09. The second-order valence-electron chi connectivity index (χ2n) is 3.83. The van der Waals surface area contributed by atoms with Gasteiger partial charge in [0, 0.05) is 16.6 Å². The number of nitriles is 1. The van der Waals surface area contributed by atoms with E-state index in [2.05, 4.69) is 0 Å². The molecular formula is C12H11ClN2O. The molecule has 0 atom stereocenters. The molecule has 0 aromatic heterocycles. The minimum Gasteiger partial charge on any atom is -0.322 e. The summed E-state index contributed by atoms with van der Waals surface area (Å²) in [5.74, 6) is -0.105. The minimum atomic E-state index is -0.105. The Morgan fingerprint density at radius 1 is 1.56 bits per heavy atom. The van der Waals surface area contributed by atoms with Crippen molar-refractivity contribution in [3.8, 4) is 6.07 Å². The van der Waals surface area contributed by atoms with Crippen molar-refractivity contribution in [2.75, 3.05) is 6.54 Å². The maximum Gasteiger partial charge on any atom is 0.255 e. The summed E-state index contributed by atoms with van der Waals surface area (Å²) in [5, 5.41) is 9.23. The molecular weight excluding hydrogens is 224 g/mol. The standard InChI is InChI=1S/C12H11ClN2O/c13-10-3-1-2-9(8-10)12(16)15(7-6-14)11-4-5-11/h1-3,8,11H,4-5,7H2. The van der Waals surface area contributed by atoms with Crippen molar-refractivity contribution in [3.63, 3.8) is 0 Å². The van der Waals surface area contributed by atoms with Crippen LogP contribution in [-0.4, -0.2) is 23.4 Å². The van der Waals surface area contributed by atoms with Crippen molar-refractivity contribution < 1.29 is 4.79 Å². The topological polar surface area (TPSA) is 44.1 Å². The predicted octanol–water partition coefficient (Wildman–Crippen LogP) is 2.47. The molecule has 0 heterocycles. The molecule has 0 unspecified atom stereocenters. The first-order valence-corrected chi connectivity index (χ1v) is 5.53. The van der Waals surface area contributed by atoms with Gasteiger partial charge in [-0.25, -0.2) is 0 Å². The lowest BCUT2D eigenvalue weighted by molar-refractivity contribution is 0.0765. The molecule has 1 aliphatic rings. The highest BCUT2D eigenvalue weighted by atomic mass is 35.5. The van der Waals surface area contributed by atoms with Crippen LogP contribution in [0.3, 0.4) is 0 Å². The molecule has 0 radical (unpaired) electrons. The lowest BCUT2D eigenvalue weighted by atomic mass is 10.2. The highest BCUT2D eigenvalue weighted by Crippen LogP contribution is 2.28. The monoisotopic (exact) mass is 234 g/mol. The molecule has 3 nitrogen and oxygen atoms in total. The van der Waals surface area contributed by atoms with Gasteiger partial charge in [0.15, 0.2) is 0 Å². The summed E-state index contributed by atoms with van der Waals surface area (Å²) < 4.78 is 0. The van der Waals surface area contributed by atoms with E-state index in [0.717, 1.165) is 12.8 Å². The summed E-state index contributed by atoms with van der Waals surface area (Å²) in [6.07, 6.45) is 1.99. The molecule has 1 aliphatic carbocycles. The second kappa shape index (κ2) is 4.54. The molecule has 16 heavy (non-hydrogen) atoms. The fourth-order valence-corrected chi connectivity index (χ4v) is 1.81. The Kier molecular flexibility index (Phi) is 3.12. The maximum atomic E-state index is 12.1. The van der Waals surface area contributed by atoms with Crippen molar-refractivity contribution in [2.45, 2.75) is 18.9 Å². The molecule has 1 aromatic rings. The van der Waals surface area contributed by atoms with Gasteiger partial charge in [0.25, 0.3) is 5.91 Å².